The highest BCUT2D eigenvalue weighted by atomic mass is 19.4. The Morgan fingerprint density at radius 1 is 1.00 bits per heavy atom. The van der Waals surface area contributed by atoms with Gasteiger partial charge in [0.05, 0.1) is 16.4 Å². The van der Waals surface area contributed by atoms with Crippen molar-refractivity contribution in [2.75, 3.05) is 0 Å². The van der Waals surface area contributed by atoms with Gasteiger partial charge in [-0.25, -0.2) is 9.97 Å². The Morgan fingerprint density at radius 3 is 2.38 bits per heavy atom. The lowest BCUT2D eigenvalue weighted by Gasteiger charge is -2.13. The van der Waals surface area contributed by atoms with Gasteiger partial charge in [-0.05, 0) is 6.07 Å². The molecule has 0 amide bonds. The molecule has 0 saturated carbocycles. The molecule has 0 aliphatic rings. The summed E-state index contributed by atoms with van der Waals surface area (Å²) in [6.07, 6.45) is -3.33. The molecule has 3 aromatic rings. The molecule has 108 valence electrons. The van der Waals surface area contributed by atoms with E-state index in [1.165, 1.54) is 6.20 Å². The number of hydrogen-bond donors (Lipinski definition) is 0. The molecule has 2 heterocycles. The van der Waals surface area contributed by atoms with Crippen molar-refractivity contribution in [3.63, 3.8) is 0 Å². The van der Waals surface area contributed by atoms with Crippen LogP contribution in [0.1, 0.15) is 31.3 Å². The van der Waals surface area contributed by atoms with Gasteiger partial charge in [-0.3, -0.25) is 4.98 Å². The molecule has 0 saturated heterocycles. The van der Waals surface area contributed by atoms with Crippen LogP contribution in [0, 0.1) is 0 Å². The Labute approximate surface area is 118 Å². The summed E-state index contributed by atoms with van der Waals surface area (Å²) in [4.78, 5) is 12.1. The normalized spacial score (nSPS) is 12.5. The Bertz CT molecular complexity index is 825. The van der Waals surface area contributed by atoms with E-state index < -0.39 is 11.9 Å². The number of benzene rings is 1. The molecule has 0 aliphatic heterocycles. The summed E-state index contributed by atoms with van der Waals surface area (Å²) in [5.41, 5.74) is -0.00684. The van der Waals surface area contributed by atoms with Crippen LogP contribution in [0.15, 0.2) is 30.5 Å². The van der Waals surface area contributed by atoms with Crippen molar-refractivity contribution in [2.45, 2.75) is 25.9 Å². The van der Waals surface area contributed by atoms with E-state index >= 15 is 0 Å². The second-order valence-electron chi connectivity index (χ2n) is 5.12. The van der Waals surface area contributed by atoms with Crippen LogP contribution in [-0.2, 0) is 6.18 Å². The summed E-state index contributed by atoms with van der Waals surface area (Å²) in [5, 5.41) is 0.537. The van der Waals surface area contributed by atoms with Gasteiger partial charge >= 0.3 is 6.18 Å². The van der Waals surface area contributed by atoms with Crippen LogP contribution in [0.4, 0.5) is 13.2 Å². The second kappa shape index (κ2) is 4.65. The van der Waals surface area contributed by atoms with Crippen LogP contribution in [0.25, 0.3) is 21.8 Å². The summed E-state index contributed by atoms with van der Waals surface area (Å²) in [6, 6.07) is 7.02. The Morgan fingerprint density at radius 2 is 1.71 bits per heavy atom. The molecule has 0 atom stereocenters. The third-order valence-electron chi connectivity index (χ3n) is 3.24. The van der Waals surface area contributed by atoms with Crippen LogP contribution in [0.3, 0.4) is 0 Å². The van der Waals surface area contributed by atoms with Gasteiger partial charge in [0.25, 0.3) is 0 Å². The van der Waals surface area contributed by atoms with Crippen LogP contribution in [0.5, 0.6) is 0 Å². The van der Waals surface area contributed by atoms with E-state index in [9.17, 15) is 13.2 Å². The molecule has 3 nitrogen and oxygen atoms in total. The fourth-order valence-corrected chi connectivity index (χ4v) is 2.21. The summed E-state index contributed by atoms with van der Waals surface area (Å²) in [7, 11) is 0. The van der Waals surface area contributed by atoms with Gasteiger partial charge in [0, 0.05) is 17.5 Å². The number of halogens is 3. The molecule has 21 heavy (non-hydrogen) atoms. The Hall–Kier alpha value is -2.24. The number of pyridine rings is 1. The molecule has 0 N–H and O–H groups in total. The number of nitrogens with zero attached hydrogens (tertiary/aromatic N) is 3. The first-order valence-electron chi connectivity index (χ1n) is 6.50. The first kappa shape index (κ1) is 13.7. The SMILES string of the molecule is CC(C)c1nc(C(F)(F)F)c2cnc3ccccc3c2n1. The lowest BCUT2D eigenvalue weighted by atomic mass is 10.1. The monoisotopic (exact) mass is 291 g/mol. The number of aromatic nitrogens is 3. The molecule has 0 aliphatic carbocycles. The average Bonchev–Trinajstić information content (AvgIpc) is 2.44. The predicted octanol–water partition coefficient (Wildman–Crippen LogP) is 4.32. The molecule has 0 fully saturated rings. The van der Waals surface area contributed by atoms with Crippen molar-refractivity contribution >= 4 is 21.8 Å². The van der Waals surface area contributed by atoms with E-state index in [4.69, 9.17) is 0 Å². The number of alkyl halides is 3. The Balaban J connectivity index is 2.49. The van der Waals surface area contributed by atoms with Gasteiger partial charge in [0.15, 0.2) is 5.69 Å². The van der Waals surface area contributed by atoms with Crippen LogP contribution in [-0.4, -0.2) is 15.0 Å². The van der Waals surface area contributed by atoms with Crippen molar-refractivity contribution in [3.05, 3.63) is 42.0 Å². The highest BCUT2D eigenvalue weighted by Gasteiger charge is 2.36. The molecule has 0 bridgehead atoms. The third kappa shape index (κ3) is 2.30. The van der Waals surface area contributed by atoms with E-state index in [0.717, 1.165) is 0 Å². The van der Waals surface area contributed by atoms with Gasteiger partial charge in [-0.15, -0.1) is 0 Å². The standard InChI is InChI=1S/C15H12F3N3/c1-8(2)14-20-12-9-5-3-4-6-11(9)19-7-10(12)13(21-14)15(16,17)18/h3-8H,1-2H3. The zero-order valence-electron chi connectivity index (χ0n) is 11.4. The van der Waals surface area contributed by atoms with Gasteiger partial charge in [-0.2, -0.15) is 13.2 Å². The molecule has 0 spiro atoms. The summed E-state index contributed by atoms with van der Waals surface area (Å²) in [5.74, 6) is -0.00592. The van der Waals surface area contributed by atoms with E-state index in [1.807, 2.05) is 0 Å². The largest absolute Gasteiger partial charge is 0.434 e. The van der Waals surface area contributed by atoms with Crippen LogP contribution < -0.4 is 0 Å². The van der Waals surface area contributed by atoms with Gasteiger partial charge in [0.1, 0.15) is 5.82 Å². The smallest absolute Gasteiger partial charge is 0.255 e. The zero-order chi connectivity index (χ0) is 15.2. The predicted molar refractivity (Wildman–Crippen MR) is 73.9 cm³/mol. The van der Waals surface area contributed by atoms with Crippen molar-refractivity contribution in [1.29, 1.82) is 0 Å². The molecular weight excluding hydrogens is 279 g/mol. The van der Waals surface area contributed by atoms with E-state index in [1.54, 1.807) is 38.1 Å². The maximum atomic E-state index is 13.2. The average molecular weight is 291 g/mol. The van der Waals surface area contributed by atoms with Crippen LogP contribution in [0.2, 0.25) is 0 Å². The van der Waals surface area contributed by atoms with Crippen molar-refractivity contribution in [3.8, 4) is 0 Å². The maximum Gasteiger partial charge on any atom is 0.434 e. The van der Waals surface area contributed by atoms with E-state index in [0.29, 0.717) is 16.4 Å². The summed E-state index contributed by atoms with van der Waals surface area (Å²) >= 11 is 0. The van der Waals surface area contributed by atoms with Crippen molar-refractivity contribution < 1.29 is 13.2 Å². The van der Waals surface area contributed by atoms with Crippen molar-refractivity contribution in [1.82, 2.24) is 15.0 Å². The van der Waals surface area contributed by atoms with Gasteiger partial charge in [0.2, 0.25) is 0 Å². The van der Waals surface area contributed by atoms with Crippen LogP contribution >= 0.6 is 0 Å². The molecule has 6 heteroatoms. The quantitative estimate of drug-likeness (QED) is 0.627. The second-order valence-corrected chi connectivity index (χ2v) is 5.12. The molecule has 0 unspecified atom stereocenters. The lowest BCUT2D eigenvalue weighted by Crippen LogP contribution is -2.13. The molecule has 1 aromatic carbocycles. The highest BCUT2D eigenvalue weighted by Crippen LogP contribution is 2.35. The van der Waals surface area contributed by atoms with Crippen molar-refractivity contribution in [2.24, 2.45) is 0 Å². The highest BCUT2D eigenvalue weighted by molar-refractivity contribution is 6.03. The zero-order valence-corrected chi connectivity index (χ0v) is 11.4. The number of hydrogen-bond acceptors (Lipinski definition) is 3. The molecule has 2 aromatic heterocycles. The summed E-state index contributed by atoms with van der Waals surface area (Å²) < 4.78 is 39.7. The van der Waals surface area contributed by atoms with E-state index in [-0.39, 0.29) is 17.1 Å². The minimum atomic E-state index is -4.53. The van der Waals surface area contributed by atoms with E-state index in [2.05, 4.69) is 15.0 Å². The fourth-order valence-electron chi connectivity index (χ4n) is 2.21. The Kier molecular flexibility index (Phi) is 3.04. The van der Waals surface area contributed by atoms with Gasteiger partial charge < -0.3 is 0 Å². The lowest BCUT2D eigenvalue weighted by molar-refractivity contribution is -0.140. The molecular formula is C15H12F3N3. The third-order valence-corrected chi connectivity index (χ3v) is 3.24. The molecule has 3 rings (SSSR count). The fraction of sp³-hybridized carbons (Fsp3) is 0.267. The van der Waals surface area contributed by atoms with Gasteiger partial charge in [-0.1, -0.05) is 32.0 Å². The summed E-state index contributed by atoms with van der Waals surface area (Å²) in [6.45, 7) is 3.54. The number of fused-ring (bicyclic) bond motifs is 3. The first-order chi connectivity index (χ1) is 9.88. The minimum absolute atomic E-state index is 0.0643. The maximum absolute atomic E-state index is 13.2. The minimum Gasteiger partial charge on any atom is -0.255 e. The topological polar surface area (TPSA) is 38.7 Å². The first-order valence-corrected chi connectivity index (χ1v) is 6.50. The number of para-hydroxylation sites is 1. The molecule has 0 radical (unpaired) electrons. The number of rotatable bonds is 1.